The largest absolute Gasteiger partial charge is 0.391 e. The van der Waals surface area contributed by atoms with Crippen molar-refractivity contribution in [1.82, 2.24) is 5.32 Å². The monoisotopic (exact) mass is 139 g/mol. The zero-order valence-electron chi connectivity index (χ0n) is 7.15. The lowest BCUT2D eigenvalue weighted by molar-refractivity contribution is 0.416. The Morgan fingerprint density at radius 3 is 2.70 bits per heavy atom. The highest BCUT2D eigenvalue weighted by molar-refractivity contribution is 5.06. The first-order valence-corrected chi connectivity index (χ1v) is 4.12. The molecule has 1 heteroatoms. The average molecular weight is 139 g/mol. The van der Waals surface area contributed by atoms with E-state index in [4.69, 9.17) is 0 Å². The molecule has 1 aliphatic carbocycles. The summed E-state index contributed by atoms with van der Waals surface area (Å²) in [5.74, 6) is 1.63. The summed E-state index contributed by atoms with van der Waals surface area (Å²) in [7, 11) is 2.01. The number of hydrogen-bond donors (Lipinski definition) is 1. The fraction of sp³-hybridized carbons (Fsp3) is 0.778. The van der Waals surface area contributed by atoms with E-state index in [0.29, 0.717) is 0 Å². The van der Waals surface area contributed by atoms with Gasteiger partial charge in [0.15, 0.2) is 0 Å². The van der Waals surface area contributed by atoms with E-state index >= 15 is 0 Å². The minimum Gasteiger partial charge on any atom is -0.391 e. The Kier molecular flexibility index (Phi) is 2.36. The van der Waals surface area contributed by atoms with Crippen LogP contribution in [0.15, 0.2) is 11.8 Å². The van der Waals surface area contributed by atoms with Crippen molar-refractivity contribution >= 4 is 0 Å². The lowest BCUT2D eigenvalue weighted by Gasteiger charge is -2.24. The maximum absolute atomic E-state index is 3.24. The van der Waals surface area contributed by atoms with Gasteiger partial charge in [0, 0.05) is 12.7 Å². The molecule has 1 aliphatic rings. The van der Waals surface area contributed by atoms with Crippen LogP contribution < -0.4 is 5.32 Å². The van der Waals surface area contributed by atoms with Crippen LogP contribution in [0.4, 0.5) is 0 Å². The van der Waals surface area contributed by atoms with Crippen LogP contribution in [0.5, 0.6) is 0 Å². The molecule has 0 saturated carbocycles. The van der Waals surface area contributed by atoms with Gasteiger partial charge in [-0.2, -0.15) is 0 Å². The summed E-state index contributed by atoms with van der Waals surface area (Å²) in [5, 5.41) is 3.24. The second-order valence-corrected chi connectivity index (χ2v) is 3.39. The zero-order valence-corrected chi connectivity index (χ0v) is 7.15. The van der Waals surface area contributed by atoms with Gasteiger partial charge >= 0.3 is 0 Å². The molecule has 0 radical (unpaired) electrons. The Balaban J connectivity index is 2.57. The topological polar surface area (TPSA) is 12.0 Å². The molecule has 0 aliphatic heterocycles. The van der Waals surface area contributed by atoms with Gasteiger partial charge in [0.1, 0.15) is 0 Å². The number of hydrogen-bond acceptors (Lipinski definition) is 1. The Hall–Kier alpha value is -0.460. The summed E-state index contributed by atoms with van der Waals surface area (Å²) in [6, 6.07) is 0. The van der Waals surface area contributed by atoms with Crippen LogP contribution >= 0.6 is 0 Å². The molecule has 2 unspecified atom stereocenters. The molecule has 0 spiro atoms. The molecule has 58 valence electrons. The minimum absolute atomic E-state index is 0.744. The summed E-state index contributed by atoms with van der Waals surface area (Å²) in [6.07, 6.45) is 4.92. The van der Waals surface area contributed by atoms with E-state index in [1.807, 2.05) is 7.05 Å². The normalized spacial score (nSPS) is 33.3. The quantitative estimate of drug-likeness (QED) is 0.587. The van der Waals surface area contributed by atoms with E-state index in [2.05, 4.69) is 25.2 Å². The summed E-state index contributed by atoms with van der Waals surface area (Å²) in [4.78, 5) is 0. The van der Waals surface area contributed by atoms with E-state index < -0.39 is 0 Å². The van der Waals surface area contributed by atoms with Crippen molar-refractivity contribution in [3.05, 3.63) is 11.8 Å². The van der Waals surface area contributed by atoms with Gasteiger partial charge in [-0.1, -0.05) is 19.9 Å². The van der Waals surface area contributed by atoms with Crippen molar-refractivity contribution in [2.75, 3.05) is 7.05 Å². The lowest BCUT2D eigenvalue weighted by Crippen LogP contribution is -2.20. The standard InChI is InChI=1S/C9H17N/c1-7-4-5-9(10-3)8(2)6-7/h5,7-8,10H,4,6H2,1-3H3. The highest BCUT2D eigenvalue weighted by Crippen LogP contribution is 2.26. The fourth-order valence-corrected chi connectivity index (χ4v) is 1.70. The smallest absolute Gasteiger partial charge is 0.00924 e. The number of allylic oxidation sites excluding steroid dienone is 2. The third kappa shape index (κ3) is 1.53. The first-order valence-electron chi connectivity index (χ1n) is 4.12. The predicted octanol–water partition coefficient (Wildman–Crippen LogP) is 2.16. The van der Waals surface area contributed by atoms with E-state index in [1.54, 1.807) is 0 Å². The van der Waals surface area contributed by atoms with Gasteiger partial charge in [-0.05, 0) is 24.7 Å². The van der Waals surface area contributed by atoms with Gasteiger partial charge in [-0.15, -0.1) is 0 Å². The maximum Gasteiger partial charge on any atom is 0.00924 e. The third-order valence-electron chi connectivity index (χ3n) is 2.32. The highest BCUT2D eigenvalue weighted by Gasteiger charge is 2.15. The van der Waals surface area contributed by atoms with Crippen molar-refractivity contribution in [3.63, 3.8) is 0 Å². The van der Waals surface area contributed by atoms with Gasteiger partial charge in [-0.3, -0.25) is 0 Å². The molecule has 2 atom stereocenters. The third-order valence-corrected chi connectivity index (χ3v) is 2.32. The number of nitrogens with one attached hydrogen (secondary N) is 1. The molecule has 0 bridgehead atoms. The van der Waals surface area contributed by atoms with Gasteiger partial charge < -0.3 is 5.32 Å². The Bertz CT molecular complexity index is 138. The van der Waals surface area contributed by atoms with Crippen LogP contribution in [0.2, 0.25) is 0 Å². The molecule has 0 fully saturated rings. The molecule has 0 aromatic carbocycles. The summed E-state index contributed by atoms with van der Waals surface area (Å²) in [5.41, 5.74) is 1.43. The van der Waals surface area contributed by atoms with Crippen molar-refractivity contribution in [1.29, 1.82) is 0 Å². The first-order chi connectivity index (χ1) is 4.74. The molecule has 1 rings (SSSR count). The molecule has 10 heavy (non-hydrogen) atoms. The van der Waals surface area contributed by atoms with Gasteiger partial charge in [0.2, 0.25) is 0 Å². The zero-order chi connectivity index (χ0) is 7.56. The van der Waals surface area contributed by atoms with Crippen LogP contribution in [0.3, 0.4) is 0 Å². The molecule has 1 nitrogen and oxygen atoms in total. The molecular formula is C9H17N. The van der Waals surface area contributed by atoms with Crippen molar-refractivity contribution in [2.24, 2.45) is 11.8 Å². The molecular weight excluding hydrogens is 122 g/mol. The first kappa shape index (κ1) is 7.64. The maximum atomic E-state index is 3.24. The minimum atomic E-state index is 0.744. The van der Waals surface area contributed by atoms with Crippen molar-refractivity contribution < 1.29 is 0 Å². The second kappa shape index (κ2) is 3.09. The number of rotatable bonds is 1. The molecule has 1 N–H and O–H groups in total. The Morgan fingerprint density at radius 1 is 1.50 bits per heavy atom. The molecule has 0 aromatic rings. The average Bonchev–Trinajstić information content (AvgIpc) is 1.88. The summed E-state index contributed by atoms with van der Waals surface area (Å²) < 4.78 is 0. The molecule has 0 aromatic heterocycles. The fourth-order valence-electron chi connectivity index (χ4n) is 1.70. The lowest BCUT2D eigenvalue weighted by atomic mass is 9.86. The van der Waals surface area contributed by atoms with E-state index in [9.17, 15) is 0 Å². The van der Waals surface area contributed by atoms with Crippen LogP contribution in [-0.2, 0) is 0 Å². The van der Waals surface area contributed by atoms with Crippen LogP contribution in [-0.4, -0.2) is 7.05 Å². The van der Waals surface area contributed by atoms with Crippen LogP contribution in [0.25, 0.3) is 0 Å². The van der Waals surface area contributed by atoms with Crippen LogP contribution in [0, 0.1) is 11.8 Å². The highest BCUT2D eigenvalue weighted by atomic mass is 14.8. The molecule has 0 saturated heterocycles. The predicted molar refractivity (Wildman–Crippen MR) is 44.7 cm³/mol. The van der Waals surface area contributed by atoms with Gasteiger partial charge in [-0.25, -0.2) is 0 Å². The van der Waals surface area contributed by atoms with E-state index in [0.717, 1.165) is 11.8 Å². The summed E-state index contributed by atoms with van der Waals surface area (Å²) in [6.45, 7) is 4.61. The molecule has 0 amide bonds. The van der Waals surface area contributed by atoms with Crippen molar-refractivity contribution in [2.45, 2.75) is 26.7 Å². The summed E-state index contributed by atoms with van der Waals surface area (Å²) >= 11 is 0. The van der Waals surface area contributed by atoms with E-state index in [1.165, 1.54) is 18.5 Å². The van der Waals surface area contributed by atoms with Crippen LogP contribution in [0.1, 0.15) is 26.7 Å². The molecule has 0 heterocycles. The Labute approximate surface area is 63.5 Å². The van der Waals surface area contributed by atoms with Gasteiger partial charge in [0.25, 0.3) is 0 Å². The SMILES string of the molecule is CNC1=CCC(C)CC1C. The van der Waals surface area contributed by atoms with Crippen molar-refractivity contribution in [3.8, 4) is 0 Å². The van der Waals surface area contributed by atoms with E-state index in [-0.39, 0.29) is 0 Å². The second-order valence-electron chi connectivity index (χ2n) is 3.39. The van der Waals surface area contributed by atoms with Gasteiger partial charge in [0.05, 0.1) is 0 Å². The Morgan fingerprint density at radius 2 is 2.20 bits per heavy atom.